The van der Waals surface area contributed by atoms with E-state index >= 15 is 0 Å². The Morgan fingerprint density at radius 2 is 2.16 bits per heavy atom. The molecule has 98 valence electrons. The van der Waals surface area contributed by atoms with E-state index in [2.05, 4.69) is 23.3 Å². The number of nitriles is 1. The van der Waals surface area contributed by atoms with Crippen LogP contribution in [0.15, 0.2) is 18.2 Å². The van der Waals surface area contributed by atoms with Crippen LogP contribution in [0, 0.1) is 25.2 Å². The maximum absolute atomic E-state index is 8.82. The lowest BCUT2D eigenvalue weighted by Gasteiger charge is -2.15. The second-order valence-electron chi connectivity index (χ2n) is 4.35. The summed E-state index contributed by atoms with van der Waals surface area (Å²) in [5, 5.41) is 13.8. The first-order valence-electron chi connectivity index (χ1n) is 5.91. The van der Waals surface area contributed by atoms with Crippen molar-refractivity contribution in [3.8, 4) is 6.07 Å². The predicted molar refractivity (Wildman–Crippen MR) is 79.8 cm³/mol. The zero-order valence-corrected chi connectivity index (χ0v) is 12.6. The Labute approximate surface area is 121 Å². The highest BCUT2D eigenvalue weighted by Gasteiger charge is 2.14. The summed E-state index contributed by atoms with van der Waals surface area (Å²) >= 11 is 7.85. The monoisotopic (exact) mass is 291 g/mol. The Morgan fingerprint density at radius 1 is 1.42 bits per heavy atom. The van der Waals surface area contributed by atoms with Crippen LogP contribution in [0.2, 0.25) is 5.02 Å². The minimum Gasteiger partial charge on any atom is -0.376 e. The minimum atomic E-state index is 0.136. The van der Waals surface area contributed by atoms with Crippen LogP contribution in [0.5, 0.6) is 0 Å². The number of halogens is 1. The third-order valence-electron chi connectivity index (χ3n) is 2.80. The standard InChI is InChI=1S/C14H14ClN3S/c1-8-14(19-10(3)17-8)9(2)18-13-5-4-11(7-16)6-12(13)15/h4-6,9,18H,1-3H3. The molecule has 1 atom stereocenters. The van der Waals surface area contributed by atoms with Gasteiger partial charge in [0.15, 0.2) is 0 Å². The molecule has 1 aromatic heterocycles. The number of benzene rings is 1. The molecule has 0 aliphatic carbocycles. The third-order valence-corrected chi connectivity index (χ3v) is 4.37. The second-order valence-corrected chi connectivity index (χ2v) is 6.00. The number of nitrogens with one attached hydrogen (secondary N) is 1. The molecule has 1 N–H and O–H groups in total. The van der Waals surface area contributed by atoms with E-state index in [4.69, 9.17) is 16.9 Å². The molecular weight excluding hydrogens is 278 g/mol. The summed E-state index contributed by atoms with van der Waals surface area (Å²) in [6.45, 7) is 6.09. The smallest absolute Gasteiger partial charge is 0.0992 e. The Hall–Kier alpha value is -1.57. The van der Waals surface area contributed by atoms with Crippen molar-refractivity contribution >= 4 is 28.6 Å². The van der Waals surface area contributed by atoms with Gasteiger partial charge >= 0.3 is 0 Å². The topological polar surface area (TPSA) is 48.7 Å². The van der Waals surface area contributed by atoms with Crippen LogP contribution in [0.4, 0.5) is 5.69 Å². The average Bonchev–Trinajstić information content (AvgIpc) is 2.71. The number of hydrogen-bond donors (Lipinski definition) is 1. The fourth-order valence-electron chi connectivity index (χ4n) is 1.95. The highest BCUT2D eigenvalue weighted by Crippen LogP contribution is 2.30. The second kappa shape index (κ2) is 5.60. The summed E-state index contributed by atoms with van der Waals surface area (Å²) in [7, 11) is 0. The normalized spacial score (nSPS) is 11.9. The molecule has 1 unspecified atom stereocenters. The fourth-order valence-corrected chi connectivity index (χ4v) is 3.11. The van der Waals surface area contributed by atoms with Crippen molar-refractivity contribution in [1.29, 1.82) is 5.26 Å². The van der Waals surface area contributed by atoms with Crippen LogP contribution in [0.25, 0.3) is 0 Å². The van der Waals surface area contributed by atoms with Crippen LogP contribution >= 0.6 is 22.9 Å². The summed E-state index contributed by atoms with van der Waals surface area (Å²) in [5.41, 5.74) is 2.44. The average molecular weight is 292 g/mol. The lowest BCUT2D eigenvalue weighted by molar-refractivity contribution is 0.890. The molecule has 0 spiro atoms. The maximum atomic E-state index is 8.82. The molecule has 19 heavy (non-hydrogen) atoms. The van der Waals surface area contributed by atoms with E-state index in [0.29, 0.717) is 10.6 Å². The molecule has 5 heteroatoms. The number of nitrogens with zero attached hydrogens (tertiary/aromatic N) is 2. The van der Waals surface area contributed by atoms with Crippen LogP contribution < -0.4 is 5.32 Å². The summed E-state index contributed by atoms with van der Waals surface area (Å²) in [4.78, 5) is 5.63. The Morgan fingerprint density at radius 3 is 2.68 bits per heavy atom. The largest absolute Gasteiger partial charge is 0.376 e. The lowest BCUT2D eigenvalue weighted by atomic mass is 10.2. The molecule has 2 aromatic rings. The van der Waals surface area contributed by atoms with Crippen molar-refractivity contribution in [2.24, 2.45) is 0 Å². The van der Waals surface area contributed by atoms with Gasteiger partial charge in [0.25, 0.3) is 0 Å². The van der Waals surface area contributed by atoms with Crippen LogP contribution in [0.3, 0.4) is 0 Å². The number of anilines is 1. The van der Waals surface area contributed by atoms with E-state index in [1.807, 2.05) is 19.9 Å². The Kier molecular flexibility index (Phi) is 4.08. The SMILES string of the molecule is Cc1nc(C)c(C(C)Nc2ccc(C#N)cc2Cl)s1. The highest BCUT2D eigenvalue weighted by atomic mass is 35.5. The van der Waals surface area contributed by atoms with E-state index < -0.39 is 0 Å². The van der Waals surface area contributed by atoms with Crippen molar-refractivity contribution in [3.63, 3.8) is 0 Å². The van der Waals surface area contributed by atoms with Gasteiger partial charge in [-0.3, -0.25) is 0 Å². The molecule has 3 nitrogen and oxygen atoms in total. The van der Waals surface area contributed by atoms with Crippen LogP contribution in [0.1, 0.15) is 34.1 Å². The van der Waals surface area contributed by atoms with Gasteiger partial charge < -0.3 is 5.32 Å². The first-order valence-corrected chi connectivity index (χ1v) is 7.11. The Bertz CT molecular complexity index is 643. The molecule has 0 aliphatic heterocycles. The fraction of sp³-hybridized carbons (Fsp3) is 0.286. The number of hydrogen-bond acceptors (Lipinski definition) is 4. The van der Waals surface area contributed by atoms with Gasteiger partial charge in [-0.15, -0.1) is 11.3 Å². The molecule has 1 aromatic carbocycles. The van der Waals surface area contributed by atoms with E-state index in [9.17, 15) is 0 Å². The van der Waals surface area contributed by atoms with Crippen molar-refractivity contribution < 1.29 is 0 Å². The molecule has 0 radical (unpaired) electrons. The first kappa shape index (κ1) is 13.9. The zero-order chi connectivity index (χ0) is 14.0. The number of aromatic nitrogens is 1. The summed E-state index contributed by atoms with van der Waals surface area (Å²) in [6.07, 6.45) is 0. The zero-order valence-electron chi connectivity index (χ0n) is 11.0. The third kappa shape index (κ3) is 3.06. The molecular formula is C14H14ClN3S. The van der Waals surface area contributed by atoms with Gasteiger partial charge in [-0.25, -0.2) is 4.98 Å². The summed E-state index contributed by atoms with van der Waals surface area (Å²) < 4.78 is 0. The number of rotatable bonds is 3. The van der Waals surface area contributed by atoms with Gasteiger partial charge in [0.1, 0.15) is 0 Å². The van der Waals surface area contributed by atoms with Crippen molar-refractivity contribution in [1.82, 2.24) is 4.98 Å². The highest BCUT2D eigenvalue weighted by molar-refractivity contribution is 7.11. The molecule has 2 rings (SSSR count). The first-order chi connectivity index (χ1) is 9.01. The Balaban J connectivity index is 2.22. The van der Waals surface area contributed by atoms with E-state index in [0.717, 1.165) is 16.4 Å². The van der Waals surface area contributed by atoms with Gasteiger partial charge in [0, 0.05) is 4.88 Å². The number of aryl methyl sites for hydroxylation is 2. The summed E-state index contributed by atoms with van der Waals surface area (Å²) in [5.74, 6) is 0. The molecule has 0 saturated heterocycles. The van der Waals surface area contributed by atoms with Crippen molar-refractivity contribution in [2.45, 2.75) is 26.8 Å². The quantitative estimate of drug-likeness (QED) is 0.908. The molecule has 1 heterocycles. The minimum absolute atomic E-state index is 0.136. The molecule has 0 saturated carbocycles. The van der Waals surface area contributed by atoms with E-state index in [1.54, 1.807) is 23.5 Å². The van der Waals surface area contributed by atoms with Crippen molar-refractivity contribution in [3.05, 3.63) is 44.4 Å². The predicted octanol–water partition coefficient (Wildman–Crippen LogP) is 4.46. The number of thiazole rings is 1. The molecule has 0 aliphatic rings. The molecule has 0 amide bonds. The van der Waals surface area contributed by atoms with Crippen LogP contribution in [-0.2, 0) is 0 Å². The van der Waals surface area contributed by atoms with Crippen molar-refractivity contribution in [2.75, 3.05) is 5.32 Å². The van der Waals surface area contributed by atoms with Gasteiger partial charge in [-0.2, -0.15) is 5.26 Å². The van der Waals surface area contributed by atoms with E-state index in [-0.39, 0.29) is 6.04 Å². The lowest BCUT2D eigenvalue weighted by Crippen LogP contribution is -2.06. The molecule has 0 bridgehead atoms. The van der Waals surface area contributed by atoms with Gasteiger partial charge in [-0.1, -0.05) is 11.6 Å². The maximum Gasteiger partial charge on any atom is 0.0992 e. The molecule has 0 fully saturated rings. The van der Waals surface area contributed by atoms with Gasteiger partial charge in [-0.05, 0) is 39.0 Å². The summed E-state index contributed by atoms with van der Waals surface area (Å²) in [6, 6.07) is 7.47. The van der Waals surface area contributed by atoms with Gasteiger partial charge in [0.2, 0.25) is 0 Å². The van der Waals surface area contributed by atoms with E-state index in [1.165, 1.54) is 4.88 Å². The van der Waals surface area contributed by atoms with Gasteiger partial charge in [0.05, 0.1) is 39.1 Å². The van der Waals surface area contributed by atoms with Crippen LogP contribution in [-0.4, -0.2) is 4.98 Å².